The predicted octanol–water partition coefficient (Wildman–Crippen LogP) is 2.55. The van der Waals surface area contributed by atoms with Gasteiger partial charge in [0.25, 0.3) is 0 Å². The third kappa shape index (κ3) is 4.80. The predicted molar refractivity (Wildman–Crippen MR) is 119 cm³/mol. The molecule has 0 unspecified atom stereocenters. The minimum absolute atomic E-state index is 0.00175. The Morgan fingerprint density at radius 1 is 1.10 bits per heavy atom. The van der Waals surface area contributed by atoms with Crippen molar-refractivity contribution in [3.05, 3.63) is 23.8 Å². The van der Waals surface area contributed by atoms with Gasteiger partial charge in [-0.25, -0.2) is 13.1 Å². The van der Waals surface area contributed by atoms with Crippen molar-refractivity contribution in [3.63, 3.8) is 0 Å². The number of hydrogen-bond acceptors (Lipinski definition) is 4. The molecule has 1 N–H and O–H groups in total. The van der Waals surface area contributed by atoms with E-state index in [4.69, 9.17) is 0 Å². The summed E-state index contributed by atoms with van der Waals surface area (Å²) in [6.45, 7) is 7.87. The van der Waals surface area contributed by atoms with Crippen molar-refractivity contribution in [2.24, 2.45) is 17.8 Å². The average Bonchev–Trinajstić information content (AvgIpc) is 3.48. The van der Waals surface area contributed by atoms with Gasteiger partial charge in [0, 0.05) is 43.7 Å². The van der Waals surface area contributed by atoms with Gasteiger partial charge in [-0.05, 0) is 68.2 Å². The van der Waals surface area contributed by atoms with Gasteiger partial charge in [0.1, 0.15) is 0 Å². The van der Waals surface area contributed by atoms with E-state index in [0.29, 0.717) is 18.3 Å². The van der Waals surface area contributed by atoms with Crippen LogP contribution < -0.4 is 9.62 Å². The van der Waals surface area contributed by atoms with Crippen molar-refractivity contribution in [1.82, 2.24) is 9.62 Å². The summed E-state index contributed by atoms with van der Waals surface area (Å²) in [5.74, 6) is 1.23. The number of sulfonamides is 1. The van der Waals surface area contributed by atoms with Crippen LogP contribution in [0.4, 0.5) is 5.69 Å². The highest BCUT2D eigenvalue weighted by atomic mass is 32.2. The number of rotatable bonds is 6. The molecule has 3 atom stereocenters. The first-order valence-electron chi connectivity index (χ1n) is 11.4. The zero-order chi connectivity index (χ0) is 22.3. The summed E-state index contributed by atoms with van der Waals surface area (Å²) in [4.78, 5) is 29.0. The minimum Gasteiger partial charge on any atom is -0.342 e. The van der Waals surface area contributed by atoms with Gasteiger partial charge in [-0.3, -0.25) is 9.59 Å². The van der Waals surface area contributed by atoms with E-state index in [2.05, 4.69) is 18.6 Å². The van der Waals surface area contributed by atoms with E-state index in [0.717, 1.165) is 43.6 Å². The van der Waals surface area contributed by atoms with E-state index in [1.807, 2.05) is 16.7 Å². The Hall–Kier alpha value is -1.93. The number of nitrogens with one attached hydrogen (secondary N) is 1. The SMILES string of the molecule is C[C@@H]1C[C@@H](C)CN(C(=O)CCNS(=O)(=O)c2ccc3c(c2)C[C@@H](C)N3C(=O)C2CC2)C1. The van der Waals surface area contributed by atoms with Crippen molar-refractivity contribution in [1.29, 1.82) is 0 Å². The van der Waals surface area contributed by atoms with Crippen molar-refractivity contribution in [2.75, 3.05) is 24.5 Å². The highest BCUT2D eigenvalue weighted by molar-refractivity contribution is 7.89. The van der Waals surface area contributed by atoms with Gasteiger partial charge in [-0.1, -0.05) is 13.8 Å². The third-order valence-corrected chi connectivity index (χ3v) is 8.05. The van der Waals surface area contributed by atoms with Crippen LogP contribution in [0.3, 0.4) is 0 Å². The molecule has 2 aliphatic heterocycles. The highest BCUT2D eigenvalue weighted by Gasteiger charge is 2.39. The Bertz CT molecular complexity index is 963. The zero-order valence-corrected chi connectivity index (χ0v) is 19.5. The number of anilines is 1. The lowest BCUT2D eigenvalue weighted by molar-refractivity contribution is -0.133. The van der Waals surface area contributed by atoms with Crippen LogP contribution in [-0.4, -0.2) is 50.8 Å². The van der Waals surface area contributed by atoms with Gasteiger partial charge in [-0.2, -0.15) is 0 Å². The van der Waals surface area contributed by atoms with Crippen LogP contribution in [0.1, 0.15) is 52.0 Å². The smallest absolute Gasteiger partial charge is 0.240 e. The molecule has 0 bridgehead atoms. The molecular formula is C23H33N3O4S. The van der Waals surface area contributed by atoms with Crippen LogP contribution in [0, 0.1) is 17.8 Å². The fourth-order valence-electron chi connectivity index (χ4n) is 5.04. The normalized spacial score (nSPS) is 26.1. The summed E-state index contributed by atoms with van der Waals surface area (Å²) in [5.41, 5.74) is 1.71. The Labute approximate surface area is 185 Å². The van der Waals surface area contributed by atoms with Crippen LogP contribution >= 0.6 is 0 Å². The Morgan fingerprint density at radius 2 is 1.77 bits per heavy atom. The lowest BCUT2D eigenvalue weighted by Gasteiger charge is -2.35. The molecule has 0 spiro atoms. The highest BCUT2D eigenvalue weighted by Crippen LogP contribution is 2.39. The molecule has 8 heteroatoms. The topological polar surface area (TPSA) is 86.8 Å². The molecule has 3 aliphatic rings. The molecular weight excluding hydrogens is 414 g/mol. The number of piperidine rings is 1. The van der Waals surface area contributed by atoms with E-state index >= 15 is 0 Å². The molecule has 1 saturated carbocycles. The van der Waals surface area contributed by atoms with Crippen LogP contribution in [0.25, 0.3) is 0 Å². The summed E-state index contributed by atoms with van der Waals surface area (Å²) in [7, 11) is -3.71. The van der Waals surface area contributed by atoms with Crippen molar-refractivity contribution in [2.45, 2.75) is 63.8 Å². The molecule has 170 valence electrons. The molecule has 31 heavy (non-hydrogen) atoms. The van der Waals surface area contributed by atoms with Crippen LogP contribution in [0.5, 0.6) is 0 Å². The van der Waals surface area contributed by atoms with Crippen LogP contribution in [0.2, 0.25) is 0 Å². The maximum Gasteiger partial charge on any atom is 0.240 e. The van der Waals surface area contributed by atoms with Gasteiger partial charge in [0.05, 0.1) is 4.90 Å². The maximum atomic E-state index is 12.8. The maximum absolute atomic E-state index is 12.8. The molecule has 1 aliphatic carbocycles. The summed E-state index contributed by atoms with van der Waals surface area (Å²) < 4.78 is 28.2. The number of amides is 2. The molecule has 0 radical (unpaired) electrons. The van der Waals surface area contributed by atoms with Gasteiger partial charge in [0.15, 0.2) is 0 Å². The second-order valence-electron chi connectivity index (χ2n) is 9.72. The molecule has 4 rings (SSSR count). The summed E-state index contributed by atoms with van der Waals surface area (Å²) in [5, 5.41) is 0. The number of carbonyl (C=O) groups excluding carboxylic acids is 2. The fourth-order valence-corrected chi connectivity index (χ4v) is 6.12. The molecule has 1 saturated heterocycles. The zero-order valence-electron chi connectivity index (χ0n) is 18.6. The largest absolute Gasteiger partial charge is 0.342 e. The standard InChI is InChI=1S/C23H33N3O4S/c1-15-10-16(2)14-25(13-15)22(27)8-9-24-31(29,30)20-6-7-21-19(12-20)11-17(3)26(21)23(28)18-4-5-18/h6-7,12,15-18,24H,4-5,8-11,13-14H2,1-3H3/t15-,16-,17-/m1/s1. The lowest BCUT2D eigenvalue weighted by atomic mass is 9.92. The number of nitrogens with zero attached hydrogens (tertiary/aromatic N) is 2. The Kier molecular flexibility index (Phi) is 6.14. The minimum atomic E-state index is -3.71. The van der Waals surface area contributed by atoms with E-state index in [-0.39, 0.29) is 41.6 Å². The molecule has 2 amide bonds. The van der Waals surface area contributed by atoms with E-state index in [1.165, 1.54) is 0 Å². The average molecular weight is 448 g/mol. The van der Waals surface area contributed by atoms with Gasteiger partial charge in [-0.15, -0.1) is 0 Å². The molecule has 1 aromatic rings. The summed E-state index contributed by atoms with van der Waals surface area (Å²) >= 11 is 0. The number of hydrogen-bond donors (Lipinski definition) is 1. The van der Waals surface area contributed by atoms with E-state index in [1.54, 1.807) is 18.2 Å². The monoisotopic (exact) mass is 447 g/mol. The summed E-state index contributed by atoms with van der Waals surface area (Å²) in [6.07, 6.45) is 3.83. The number of carbonyl (C=O) groups is 2. The molecule has 2 heterocycles. The van der Waals surface area contributed by atoms with E-state index in [9.17, 15) is 18.0 Å². The molecule has 7 nitrogen and oxygen atoms in total. The molecule has 0 aromatic heterocycles. The van der Waals surface area contributed by atoms with Crippen LogP contribution in [0.15, 0.2) is 23.1 Å². The van der Waals surface area contributed by atoms with Gasteiger partial charge in [0.2, 0.25) is 21.8 Å². The van der Waals surface area contributed by atoms with Crippen molar-refractivity contribution >= 4 is 27.5 Å². The number of likely N-dealkylation sites (tertiary alicyclic amines) is 1. The molecule has 2 fully saturated rings. The first-order valence-corrected chi connectivity index (χ1v) is 12.9. The Balaban J connectivity index is 1.38. The first kappa shape index (κ1) is 22.3. The fraction of sp³-hybridized carbons (Fsp3) is 0.652. The second-order valence-corrected chi connectivity index (χ2v) is 11.5. The van der Waals surface area contributed by atoms with Gasteiger partial charge < -0.3 is 9.80 Å². The van der Waals surface area contributed by atoms with Crippen molar-refractivity contribution in [3.8, 4) is 0 Å². The van der Waals surface area contributed by atoms with Gasteiger partial charge >= 0.3 is 0 Å². The first-order chi connectivity index (χ1) is 14.7. The molecule has 1 aromatic carbocycles. The second kappa shape index (κ2) is 8.54. The number of benzene rings is 1. The third-order valence-electron chi connectivity index (χ3n) is 6.59. The van der Waals surface area contributed by atoms with E-state index < -0.39 is 10.0 Å². The van der Waals surface area contributed by atoms with Crippen LogP contribution in [-0.2, 0) is 26.0 Å². The Morgan fingerprint density at radius 3 is 2.42 bits per heavy atom. The lowest BCUT2D eigenvalue weighted by Crippen LogP contribution is -2.43. The number of fused-ring (bicyclic) bond motifs is 1. The van der Waals surface area contributed by atoms with Crippen molar-refractivity contribution < 1.29 is 18.0 Å². The quantitative estimate of drug-likeness (QED) is 0.726. The summed E-state index contributed by atoms with van der Waals surface area (Å²) in [6, 6.07) is 5.02.